The topological polar surface area (TPSA) is 155 Å². The van der Waals surface area contributed by atoms with Crippen LogP contribution in [0, 0.1) is 0 Å². The molecule has 12 nitrogen and oxygen atoms in total. The van der Waals surface area contributed by atoms with E-state index in [0.717, 1.165) is 78.5 Å². The van der Waals surface area contributed by atoms with Crippen LogP contribution in [-0.2, 0) is 32.2 Å². The number of nitrogens with zero attached hydrogens (tertiary/aromatic N) is 4. The van der Waals surface area contributed by atoms with Gasteiger partial charge in [0, 0.05) is 76.5 Å². The van der Waals surface area contributed by atoms with Gasteiger partial charge in [0.2, 0.25) is 17.8 Å². The molecular weight excluding hydrogens is 707 g/mol. The fourth-order valence-electron chi connectivity index (χ4n) is 7.12. The molecule has 0 unspecified atom stereocenters. The number of aliphatic hydroxyl groups is 1. The minimum absolute atomic E-state index is 0.00194. The van der Waals surface area contributed by atoms with Crippen LogP contribution in [-0.4, -0.2) is 70.6 Å². The second kappa shape index (κ2) is 18.8. The Labute approximate surface area is 327 Å². The minimum Gasteiger partial charge on any atom is -0.397 e. The number of nitrogens with one attached hydrogen (secondary N) is 2. The number of para-hydroxylation sites is 2. The molecule has 0 saturated carbocycles. The fraction of sp³-hybridized carbons (Fsp3) is 0.318. The van der Waals surface area contributed by atoms with Crippen molar-refractivity contribution < 1.29 is 24.2 Å². The third-order valence-electron chi connectivity index (χ3n) is 10.3. The van der Waals surface area contributed by atoms with E-state index in [1.807, 2.05) is 54.6 Å². The average molecular weight is 756 g/mol. The van der Waals surface area contributed by atoms with Gasteiger partial charge in [-0.05, 0) is 58.5 Å². The second-order valence-corrected chi connectivity index (χ2v) is 14.3. The maximum atomic E-state index is 12.6. The molecule has 3 atom stereocenters. The number of amides is 2. The number of rotatable bonds is 14. The van der Waals surface area contributed by atoms with Crippen LogP contribution >= 0.6 is 0 Å². The van der Waals surface area contributed by atoms with Crippen molar-refractivity contribution in [3.05, 3.63) is 138 Å². The number of anilines is 3. The molecule has 1 aromatic heterocycles. The molecule has 2 fully saturated rings. The number of nitrogens with two attached hydrogens (primary N) is 1. The summed E-state index contributed by atoms with van der Waals surface area (Å²) < 4.78 is 13.3. The third kappa shape index (κ3) is 10.3. The Balaban J connectivity index is 0.942. The molecule has 5 aromatic rings. The first-order valence-corrected chi connectivity index (χ1v) is 19.3. The van der Waals surface area contributed by atoms with E-state index in [0.29, 0.717) is 24.3 Å². The summed E-state index contributed by atoms with van der Waals surface area (Å²) in [5, 5.41) is 15.4. The molecule has 7 rings (SSSR count). The molecule has 2 saturated heterocycles. The summed E-state index contributed by atoms with van der Waals surface area (Å²) in [4.78, 5) is 38.4. The smallest absolute Gasteiger partial charge is 0.225 e. The molecule has 290 valence electrons. The summed E-state index contributed by atoms with van der Waals surface area (Å²) in [6, 6.07) is 33.3. The lowest BCUT2D eigenvalue weighted by atomic mass is 9.98. The van der Waals surface area contributed by atoms with Crippen LogP contribution in [0.5, 0.6) is 0 Å². The van der Waals surface area contributed by atoms with E-state index < -0.39 is 6.29 Å². The number of ether oxygens (including phenoxy) is 2. The highest BCUT2D eigenvalue weighted by molar-refractivity contribution is 5.94. The van der Waals surface area contributed by atoms with Gasteiger partial charge in [-0.25, -0.2) is 9.97 Å². The van der Waals surface area contributed by atoms with Gasteiger partial charge >= 0.3 is 0 Å². The average Bonchev–Trinajstić information content (AvgIpc) is 3.24. The van der Waals surface area contributed by atoms with Crippen molar-refractivity contribution in [1.29, 1.82) is 0 Å². The Kier molecular flexibility index (Phi) is 13.0. The summed E-state index contributed by atoms with van der Waals surface area (Å²) in [5.74, 6) is 0.488. The quantitative estimate of drug-likeness (QED) is 0.0991. The van der Waals surface area contributed by atoms with Crippen LogP contribution in [0.4, 0.5) is 17.3 Å². The van der Waals surface area contributed by atoms with Gasteiger partial charge in [-0.3, -0.25) is 14.5 Å². The van der Waals surface area contributed by atoms with Gasteiger partial charge in [-0.2, -0.15) is 0 Å². The van der Waals surface area contributed by atoms with Crippen LogP contribution in [0.3, 0.4) is 0 Å². The SMILES string of the molecule is Nc1ccccc1NC(=O)CCCC(=O)NCc1cccc(-c2ccc([C@H]3O[C@@H](CN4CCN(c5ncccn5)CC4)C[C@@H](c4ccc(CO)cc4)O3)cc2)c1. The zero-order chi connectivity index (χ0) is 38.7. The highest BCUT2D eigenvalue weighted by Crippen LogP contribution is 2.39. The zero-order valence-electron chi connectivity index (χ0n) is 31.4. The molecule has 0 spiro atoms. The Bertz CT molecular complexity index is 2040. The summed E-state index contributed by atoms with van der Waals surface area (Å²) in [6.45, 7) is 4.65. The predicted molar refractivity (Wildman–Crippen MR) is 216 cm³/mol. The molecule has 3 heterocycles. The number of nitrogen functional groups attached to an aromatic ring is 1. The van der Waals surface area contributed by atoms with E-state index in [1.54, 1.807) is 24.5 Å². The Morgan fingerprint density at radius 1 is 0.768 bits per heavy atom. The van der Waals surface area contributed by atoms with Crippen molar-refractivity contribution in [2.24, 2.45) is 0 Å². The van der Waals surface area contributed by atoms with Crippen LogP contribution in [0.2, 0.25) is 0 Å². The molecule has 4 aromatic carbocycles. The van der Waals surface area contributed by atoms with Crippen molar-refractivity contribution in [3.8, 4) is 11.1 Å². The molecule has 0 radical (unpaired) electrons. The molecular formula is C44H49N7O5. The largest absolute Gasteiger partial charge is 0.397 e. The highest BCUT2D eigenvalue weighted by Gasteiger charge is 2.34. The second-order valence-electron chi connectivity index (χ2n) is 14.3. The number of piperazine rings is 1. The lowest BCUT2D eigenvalue weighted by molar-refractivity contribution is -0.253. The maximum absolute atomic E-state index is 12.6. The van der Waals surface area contributed by atoms with Crippen molar-refractivity contribution >= 4 is 29.1 Å². The fourth-order valence-corrected chi connectivity index (χ4v) is 7.12. The van der Waals surface area contributed by atoms with Gasteiger partial charge in [0.15, 0.2) is 6.29 Å². The van der Waals surface area contributed by atoms with Crippen LogP contribution in [0.1, 0.15) is 60.3 Å². The lowest BCUT2D eigenvalue weighted by Crippen LogP contribution is -2.50. The van der Waals surface area contributed by atoms with E-state index in [2.05, 4.69) is 66.8 Å². The molecule has 2 aliphatic rings. The molecule has 56 heavy (non-hydrogen) atoms. The maximum Gasteiger partial charge on any atom is 0.225 e. The number of carbonyl (C=O) groups excluding carboxylic acids is 2. The first-order chi connectivity index (χ1) is 27.4. The first-order valence-electron chi connectivity index (χ1n) is 19.3. The standard InChI is InChI=1S/C44H49N7O5/c45-38-8-1-2-9-39(38)49-42(54)11-4-10-41(53)48-28-32-6-3-7-36(26-32)33-16-18-35(19-17-33)43-55-37(27-40(56-43)34-14-12-31(30-52)13-15-34)29-50-22-24-51(25-23-50)44-46-20-5-21-47-44/h1-3,5-9,12-21,26,37,40,43,52H,4,10-11,22-25,27-30,45H2,(H,48,53)(H,49,54)/t37-,40+,43+/m1/s1. The number of hydrogen-bond acceptors (Lipinski definition) is 10. The molecule has 0 aliphatic carbocycles. The minimum atomic E-state index is -0.548. The predicted octanol–water partition coefficient (Wildman–Crippen LogP) is 6.01. The first kappa shape index (κ1) is 38.6. The van der Waals surface area contributed by atoms with Gasteiger partial charge in [-0.1, -0.05) is 78.9 Å². The zero-order valence-corrected chi connectivity index (χ0v) is 31.4. The van der Waals surface area contributed by atoms with Gasteiger partial charge in [-0.15, -0.1) is 0 Å². The molecule has 2 amide bonds. The monoisotopic (exact) mass is 755 g/mol. The Morgan fingerprint density at radius 3 is 2.25 bits per heavy atom. The highest BCUT2D eigenvalue weighted by atomic mass is 16.7. The molecule has 2 aliphatic heterocycles. The van der Waals surface area contributed by atoms with Gasteiger partial charge < -0.3 is 35.8 Å². The summed E-state index contributed by atoms with van der Waals surface area (Å²) in [7, 11) is 0. The van der Waals surface area contributed by atoms with Crippen molar-refractivity contribution in [1.82, 2.24) is 20.2 Å². The lowest BCUT2D eigenvalue weighted by Gasteiger charge is -2.40. The Morgan fingerprint density at radius 2 is 1.50 bits per heavy atom. The molecule has 12 heteroatoms. The van der Waals surface area contributed by atoms with E-state index in [1.165, 1.54) is 0 Å². The third-order valence-corrected chi connectivity index (χ3v) is 10.3. The van der Waals surface area contributed by atoms with E-state index in [9.17, 15) is 14.7 Å². The van der Waals surface area contributed by atoms with Crippen molar-refractivity contribution in [2.75, 3.05) is 48.7 Å². The van der Waals surface area contributed by atoms with Crippen molar-refractivity contribution in [3.63, 3.8) is 0 Å². The molecule has 0 bridgehead atoms. The van der Waals surface area contributed by atoms with Gasteiger partial charge in [0.05, 0.1) is 30.2 Å². The van der Waals surface area contributed by atoms with Crippen LogP contribution < -0.4 is 21.3 Å². The van der Waals surface area contributed by atoms with Gasteiger partial charge in [0.25, 0.3) is 0 Å². The van der Waals surface area contributed by atoms with Crippen LogP contribution in [0.15, 0.2) is 116 Å². The number of benzene rings is 4. The van der Waals surface area contributed by atoms with E-state index >= 15 is 0 Å². The number of aromatic nitrogens is 2. The number of carbonyl (C=O) groups is 2. The summed E-state index contributed by atoms with van der Waals surface area (Å²) in [6.07, 6.45) is 4.44. The van der Waals surface area contributed by atoms with Crippen molar-refractivity contribution in [2.45, 2.75) is 57.3 Å². The normalized spacial score (nSPS) is 18.7. The Hall–Kier alpha value is -5.66. The molecule has 5 N–H and O–H groups in total. The number of aliphatic hydroxyl groups excluding tert-OH is 1. The number of hydrogen-bond donors (Lipinski definition) is 4. The summed E-state index contributed by atoms with van der Waals surface area (Å²) >= 11 is 0. The van der Waals surface area contributed by atoms with E-state index in [4.69, 9.17) is 15.2 Å². The van der Waals surface area contributed by atoms with E-state index in [-0.39, 0.29) is 43.5 Å². The van der Waals surface area contributed by atoms with Crippen LogP contribution in [0.25, 0.3) is 11.1 Å². The summed E-state index contributed by atoms with van der Waals surface area (Å²) in [5.41, 5.74) is 12.9. The van der Waals surface area contributed by atoms with Gasteiger partial charge in [0.1, 0.15) is 0 Å².